The Balaban J connectivity index is 4.09. The summed E-state index contributed by atoms with van der Waals surface area (Å²) in [5.41, 5.74) is 0. The van der Waals surface area contributed by atoms with Gasteiger partial charge in [-0.25, -0.2) is 0 Å². The van der Waals surface area contributed by atoms with E-state index >= 15 is 0 Å². The standard InChI is InChI=1S/C86H148NO8P/c1-6-8-10-12-14-16-18-20-22-24-26-28-30-32-34-36-38-39-40-41-42-43-44-45-46-47-49-51-53-55-57-59-61-63-65-67-69-71-73-75-77-79-86(89)95-84(83-94-96(90,91)93-81-80-87(3,4)5)82-92-85(88)78-76-74-72-70-68-66-64-62-60-58-56-54-52-50-48-37-35-33-31-29-27-25-23-21-19-17-15-13-11-9-7-2/h8,10,14,16,20,22,26,28,32,34,38-39,41-42,44-45,47,49,53,55,59,61,65,67,84H,6-7,9,11-13,15,17-19,21,23-25,27,29-31,33,35-37,40,43,46,48,50-52,54,56-58,60,62-64,66,68-83H2,1-5H3/b10-8-,16-14-,22-20-,28-26-,34-32-,39-38-,42-41-,45-44-,49-47-,55-53-,61-59-,67-65-. The molecule has 0 aliphatic heterocycles. The van der Waals surface area contributed by atoms with Crippen molar-refractivity contribution in [2.45, 2.75) is 341 Å². The van der Waals surface area contributed by atoms with Crippen LogP contribution in [0, 0.1) is 0 Å². The lowest BCUT2D eigenvalue weighted by Crippen LogP contribution is -2.37. The van der Waals surface area contributed by atoms with Crippen LogP contribution in [0.5, 0.6) is 0 Å². The van der Waals surface area contributed by atoms with Crippen LogP contribution in [0.1, 0.15) is 335 Å². The summed E-state index contributed by atoms with van der Waals surface area (Å²) in [7, 11) is 1.14. The number of unbranched alkanes of at least 4 members (excludes halogenated alkanes) is 34. The second-order valence-electron chi connectivity index (χ2n) is 27.4. The molecule has 2 atom stereocenters. The first-order valence-electron chi connectivity index (χ1n) is 39.5. The number of allylic oxidation sites excluding steroid dienone is 24. The molecule has 2 unspecified atom stereocenters. The molecule has 96 heavy (non-hydrogen) atoms. The number of quaternary nitrogens is 1. The van der Waals surface area contributed by atoms with Crippen molar-refractivity contribution in [3.8, 4) is 0 Å². The molecule has 0 spiro atoms. The van der Waals surface area contributed by atoms with Crippen molar-refractivity contribution >= 4 is 19.8 Å². The second-order valence-corrected chi connectivity index (χ2v) is 28.8. The van der Waals surface area contributed by atoms with E-state index in [1.165, 1.54) is 180 Å². The average Bonchev–Trinajstić information content (AvgIpc) is 2.54. The molecule has 0 amide bonds. The molecule has 0 aliphatic carbocycles. The quantitative estimate of drug-likeness (QED) is 0.0195. The van der Waals surface area contributed by atoms with Gasteiger partial charge in [0.2, 0.25) is 0 Å². The molecule has 0 aliphatic rings. The maximum Gasteiger partial charge on any atom is 0.306 e. The highest BCUT2D eigenvalue weighted by Crippen LogP contribution is 2.38. The lowest BCUT2D eigenvalue weighted by atomic mass is 10.0. The molecule has 0 bridgehead atoms. The van der Waals surface area contributed by atoms with Crippen LogP contribution in [0.2, 0.25) is 0 Å². The number of ether oxygens (including phenoxy) is 2. The van der Waals surface area contributed by atoms with Gasteiger partial charge in [-0.3, -0.25) is 14.2 Å². The van der Waals surface area contributed by atoms with Crippen molar-refractivity contribution in [2.75, 3.05) is 47.5 Å². The number of phosphoric ester groups is 1. The first-order valence-corrected chi connectivity index (χ1v) is 41.0. The van der Waals surface area contributed by atoms with E-state index in [0.717, 1.165) is 122 Å². The van der Waals surface area contributed by atoms with Gasteiger partial charge in [0.1, 0.15) is 19.8 Å². The Kier molecular flexibility index (Phi) is 71.9. The zero-order valence-electron chi connectivity index (χ0n) is 62.8. The van der Waals surface area contributed by atoms with Crippen molar-refractivity contribution in [3.63, 3.8) is 0 Å². The molecule has 550 valence electrons. The number of nitrogens with zero attached hydrogens (tertiary/aromatic N) is 1. The van der Waals surface area contributed by atoms with Gasteiger partial charge in [-0.1, -0.05) is 365 Å². The summed E-state index contributed by atoms with van der Waals surface area (Å²) in [6, 6.07) is 0. The van der Waals surface area contributed by atoms with Crippen molar-refractivity contribution < 1.29 is 42.1 Å². The molecule has 0 saturated carbocycles. The highest BCUT2D eigenvalue weighted by atomic mass is 31.2. The Bertz CT molecular complexity index is 2140. The zero-order chi connectivity index (χ0) is 69.7. The van der Waals surface area contributed by atoms with Gasteiger partial charge in [0.25, 0.3) is 7.82 Å². The lowest BCUT2D eigenvalue weighted by Gasteiger charge is -2.28. The van der Waals surface area contributed by atoms with E-state index < -0.39 is 26.5 Å². The predicted octanol–water partition coefficient (Wildman–Crippen LogP) is 25.9. The molecule has 0 aromatic heterocycles. The van der Waals surface area contributed by atoms with Crippen LogP contribution >= 0.6 is 7.82 Å². The second kappa shape index (κ2) is 75.1. The Morgan fingerprint density at radius 1 is 0.333 bits per heavy atom. The van der Waals surface area contributed by atoms with Crippen molar-refractivity contribution in [3.05, 3.63) is 146 Å². The Labute approximate surface area is 593 Å². The van der Waals surface area contributed by atoms with Gasteiger partial charge in [0.15, 0.2) is 6.10 Å². The summed E-state index contributed by atoms with van der Waals surface area (Å²) in [5.74, 6) is -0.859. The van der Waals surface area contributed by atoms with Crippen LogP contribution in [0.25, 0.3) is 0 Å². The fourth-order valence-electron chi connectivity index (χ4n) is 10.9. The summed E-state index contributed by atoms with van der Waals surface area (Å²) in [6.45, 7) is 4.13. The zero-order valence-corrected chi connectivity index (χ0v) is 63.7. The Morgan fingerprint density at radius 2 is 0.594 bits per heavy atom. The van der Waals surface area contributed by atoms with E-state index in [4.69, 9.17) is 18.5 Å². The number of likely N-dealkylation sites (N-methyl/N-ethyl adjacent to an activating group) is 1. The van der Waals surface area contributed by atoms with Gasteiger partial charge >= 0.3 is 11.9 Å². The summed E-state index contributed by atoms with van der Waals surface area (Å²) in [5, 5.41) is 0. The Hall–Kier alpha value is -4.11. The molecule has 0 saturated heterocycles. The summed E-state index contributed by atoms with van der Waals surface area (Å²) in [4.78, 5) is 38.1. The molecule has 9 nitrogen and oxygen atoms in total. The summed E-state index contributed by atoms with van der Waals surface area (Å²) in [6.07, 6.45) is 111. The van der Waals surface area contributed by atoms with Crippen molar-refractivity contribution in [1.82, 2.24) is 0 Å². The third-order valence-corrected chi connectivity index (χ3v) is 17.8. The maximum absolute atomic E-state index is 12.9. The molecular formula is C86H148NO8P. The molecule has 0 aromatic carbocycles. The minimum atomic E-state index is -4.66. The van der Waals surface area contributed by atoms with Gasteiger partial charge in [0.05, 0.1) is 27.7 Å². The monoisotopic (exact) mass is 1350 g/mol. The number of esters is 2. The van der Waals surface area contributed by atoms with Gasteiger partial charge in [-0.2, -0.15) is 0 Å². The maximum atomic E-state index is 12.9. The molecule has 0 rings (SSSR count). The number of hydrogen-bond acceptors (Lipinski definition) is 8. The van der Waals surface area contributed by atoms with Crippen LogP contribution in [0.4, 0.5) is 0 Å². The third-order valence-electron chi connectivity index (χ3n) is 16.9. The van der Waals surface area contributed by atoms with Crippen molar-refractivity contribution in [2.24, 2.45) is 0 Å². The van der Waals surface area contributed by atoms with E-state index in [-0.39, 0.29) is 32.0 Å². The van der Waals surface area contributed by atoms with Crippen molar-refractivity contribution in [1.29, 1.82) is 0 Å². The average molecular weight is 1360 g/mol. The number of phosphoric acid groups is 1. The molecule has 0 aromatic rings. The highest BCUT2D eigenvalue weighted by Gasteiger charge is 2.22. The van der Waals surface area contributed by atoms with E-state index in [9.17, 15) is 19.0 Å². The third kappa shape index (κ3) is 78.9. The molecule has 0 radical (unpaired) electrons. The van der Waals surface area contributed by atoms with Crippen LogP contribution < -0.4 is 4.89 Å². The van der Waals surface area contributed by atoms with E-state index in [1.54, 1.807) is 0 Å². The minimum Gasteiger partial charge on any atom is -0.756 e. The SMILES string of the molecule is CC/C=C\C/C=C\C/C=C\C/C=C\C/C=C\C/C=C\C/C=C\C/C=C\C/C=C\C/C=C\C/C=C\C/C=C\CCCCCCC(=O)OC(COC(=O)CCCCCCCCCCCCCCCCCCCCCCCCCCCCCCCCC)COP(=O)([O-])OCC[N+](C)(C)C. The summed E-state index contributed by atoms with van der Waals surface area (Å²) < 4.78 is 34.3. The van der Waals surface area contributed by atoms with E-state index in [1.807, 2.05) is 21.1 Å². The van der Waals surface area contributed by atoms with Gasteiger partial charge in [-0.05, 0) is 103 Å². The van der Waals surface area contributed by atoms with Gasteiger partial charge < -0.3 is 27.9 Å². The first kappa shape index (κ1) is 91.9. The normalized spacial score (nSPS) is 13.9. The van der Waals surface area contributed by atoms with Gasteiger partial charge in [-0.15, -0.1) is 0 Å². The fourth-order valence-corrected chi connectivity index (χ4v) is 11.6. The lowest BCUT2D eigenvalue weighted by molar-refractivity contribution is -0.870. The van der Waals surface area contributed by atoms with Gasteiger partial charge in [0, 0.05) is 12.8 Å². The minimum absolute atomic E-state index is 0.0416. The van der Waals surface area contributed by atoms with Crippen LogP contribution in [-0.4, -0.2) is 70.0 Å². The molecule has 0 fully saturated rings. The van der Waals surface area contributed by atoms with E-state index in [2.05, 4.69) is 160 Å². The number of carbonyl (C=O) groups is 2. The van der Waals surface area contributed by atoms with Crippen LogP contribution in [0.3, 0.4) is 0 Å². The number of rotatable bonds is 72. The first-order chi connectivity index (χ1) is 47.0. The molecule has 0 heterocycles. The fraction of sp³-hybridized carbons (Fsp3) is 0.698. The molecule has 10 heteroatoms. The highest BCUT2D eigenvalue weighted by molar-refractivity contribution is 7.45. The van der Waals surface area contributed by atoms with E-state index in [0.29, 0.717) is 17.4 Å². The smallest absolute Gasteiger partial charge is 0.306 e. The molecular weight excluding hydrogens is 1210 g/mol. The summed E-state index contributed by atoms with van der Waals surface area (Å²) >= 11 is 0. The topological polar surface area (TPSA) is 111 Å². The predicted molar refractivity (Wildman–Crippen MR) is 415 cm³/mol. The van der Waals surface area contributed by atoms with Crippen LogP contribution in [0.15, 0.2) is 146 Å². The number of carbonyl (C=O) groups excluding carboxylic acids is 2. The largest absolute Gasteiger partial charge is 0.756 e. The Morgan fingerprint density at radius 3 is 0.885 bits per heavy atom. The van der Waals surface area contributed by atoms with Crippen LogP contribution in [-0.2, 0) is 32.7 Å². The molecule has 0 N–H and O–H groups in total. The number of hydrogen-bond donors (Lipinski definition) is 0.